The predicted molar refractivity (Wildman–Crippen MR) is 55.3 cm³/mol. The SMILES string of the molecule is CNc1ccc(S(N)(=O)=O)cc1CN. The molecule has 0 saturated carbocycles. The summed E-state index contributed by atoms with van der Waals surface area (Å²) in [5, 5.41) is 7.89. The molecule has 6 heteroatoms. The van der Waals surface area contributed by atoms with Crippen molar-refractivity contribution in [3.63, 3.8) is 0 Å². The molecular weight excluding hydrogens is 202 g/mol. The van der Waals surface area contributed by atoms with Crippen molar-refractivity contribution in [3.8, 4) is 0 Å². The maximum Gasteiger partial charge on any atom is 0.238 e. The molecular formula is C8H13N3O2S. The molecule has 5 N–H and O–H groups in total. The summed E-state index contributed by atoms with van der Waals surface area (Å²) in [6, 6.07) is 4.56. The Hall–Kier alpha value is -1.11. The second kappa shape index (κ2) is 3.95. The van der Waals surface area contributed by atoms with E-state index >= 15 is 0 Å². The van der Waals surface area contributed by atoms with Crippen LogP contribution in [0.5, 0.6) is 0 Å². The van der Waals surface area contributed by atoms with Crippen LogP contribution < -0.4 is 16.2 Å². The summed E-state index contributed by atoms with van der Waals surface area (Å²) in [4.78, 5) is 0.0805. The lowest BCUT2D eigenvalue weighted by Crippen LogP contribution is -2.13. The highest BCUT2D eigenvalue weighted by atomic mass is 32.2. The van der Waals surface area contributed by atoms with Gasteiger partial charge in [0.05, 0.1) is 4.90 Å². The molecule has 0 aliphatic carbocycles. The molecule has 0 bridgehead atoms. The quantitative estimate of drug-likeness (QED) is 0.652. The first-order valence-corrected chi connectivity index (χ1v) is 5.57. The van der Waals surface area contributed by atoms with Crippen LogP contribution in [-0.4, -0.2) is 15.5 Å². The van der Waals surface area contributed by atoms with Gasteiger partial charge in [-0.15, -0.1) is 0 Å². The monoisotopic (exact) mass is 215 g/mol. The van der Waals surface area contributed by atoms with Gasteiger partial charge in [-0.1, -0.05) is 0 Å². The van der Waals surface area contributed by atoms with Gasteiger partial charge >= 0.3 is 0 Å². The van der Waals surface area contributed by atoms with Gasteiger partial charge in [0.1, 0.15) is 0 Å². The molecule has 1 aromatic rings. The number of primary sulfonamides is 1. The van der Waals surface area contributed by atoms with Gasteiger partial charge in [-0.2, -0.15) is 0 Å². The molecule has 0 unspecified atom stereocenters. The zero-order valence-electron chi connectivity index (χ0n) is 7.82. The molecule has 0 fully saturated rings. The normalized spacial score (nSPS) is 11.4. The average Bonchev–Trinajstić information content (AvgIpc) is 2.15. The lowest BCUT2D eigenvalue weighted by molar-refractivity contribution is 0.597. The third kappa shape index (κ3) is 2.22. The van der Waals surface area contributed by atoms with Crippen molar-refractivity contribution in [2.45, 2.75) is 11.4 Å². The van der Waals surface area contributed by atoms with E-state index in [4.69, 9.17) is 10.9 Å². The molecule has 14 heavy (non-hydrogen) atoms. The summed E-state index contributed by atoms with van der Waals surface area (Å²) in [6.07, 6.45) is 0. The Balaban J connectivity index is 3.28. The Kier molecular flexibility index (Phi) is 3.10. The summed E-state index contributed by atoms with van der Waals surface area (Å²) in [5.74, 6) is 0. The number of anilines is 1. The van der Waals surface area contributed by atoms with Gasteiger partial charge in [0.15, 0.2) is 0 Å². The first-order valence-electron chi connectivity index (χ1n) is 4.02. The zero-order chi connectivity index (χ0) is 10.8. The fraction of sp³-hybridized carbons (Fsp3) is 0.250. The second-order valence-corrected chi connectivity index (χ2v) is 4.38. The summed E-state index contributed by atoms with van der Waals surface area (Å²) in [6.45, 7) is 0.263. The fourth-order valence-electron chi connectivity index (χ4n) is 1.16. The standard InChI is InChI=1S/C8H13N3O2S/c1-11-8-3-2-7(14(10,12)13)4-6(8)5-9/h2-4,11H,5,9H2,1H3,(H2,10,12,13). The Bertz CT molecular complexity index is 428. The van der Waals surface area contributed by atoms with E-state index in [2.05, 4.69) is 5.32 Å². The van der Waals surface area contributed by atoms with E-state index in [-0.39, 0.29) is 11.4 Å². The molecule has 1 rings (SSSR count). The number of hydrogen-bond acceptors (Lipinski definition) is 4. The third-order valence-corrected chi connectivity index (χ3v) is 2.81. The van der Waals surface area contributed by atoms with Crippen molar-refractivity contribution in [2.24, 2.45) is 10.9 Å². The molecule has 0 aliphatic heterocycles. The highest BCUT2D eigenvalue weighted by Crippen LogP contribution is 2.18. The van der Waals surface area contributed by atoms with Crippen LogP contribution in [-0.2, 0) is 16.6 Å². The minimum absolute atomic E-state index is 0.0805. The average molecular weight is 215 g/mol. The highest BCUT2D eigenvalue weighted by molar-refractivity contribution is 7.89. The summed E-state index contributed by atoms with van der Waals surface area (Å²) >= 11 is 0. The van der Waals surface area contributed by atoms with Gasteiger partial charge in [-0.3, -0.25) is 0 Å². The van der Waals surface area contributed by atoms with E-state index in [1.165, 1.54) is 12.1 Å². The third-order valence-electron chi connectivity index (χ3n) is 1.89. The second-order valence-electron chi connectivity index (χ2n) is 2.82. The van der Waals surface area contributed by atoms with Crippen molar-refractivity contribution >= 4 is 15.7 Å². The molecule has 5 nitrogen and oxygen atoms in total. The molecule has 0 amide bonds. The van der Waals surface area contributed by atoms with Gasteiger partial charge in [0.2, 0.25) is 10.0 Å². The summed E-state index contributed by atoms with van der Waals surface area (Å²) < 4.78 is 22.0. The molecule has 0 aromatic heterocycles. The smallest absolute Gasteiger partial charge is 0.238 e. The van der Waals surface area contributed by atoms with Crippen LogP contribution >= 0.6 is 0 Å². The first-order chi connectivity index (χ1) is 6.49. The number of sulfonamides is 1. The molecule has 0 radical (unpaired) electrons. The first kappa shape index (κ1) is 11.0. The largest absolute Gasteiger partial charge is 0.388 e. The predicted octanol–water partition coefficient (Wildman–Crippen LogP) is -0.166. The van der Waals surface area contributed by atoms with Crippen LogP contribution in [0.2, 0.25) is 0 Å². The van der Waals surface area contributed by atoms with E-state index in [9.17, 15) is 8.42 Å². The maximum absolute atomic E-state index is 11.0. The number of rotatable bonds is 3. The Morgan fingerprint density at radius 1 is 1.43 bits per heavy atom. The summed E-state index contributed by atoms with van der Waals surface area (Å²) in [5.41, 5.74) is 6.99. The molecule has 0 spiro atoms. The minimum Gasteiger partial charge on any atom is -0.388 e. The Morgan fingerprint density at radius 3 is 2.50 bits per heavy atom. The van der Waals surface area contributed by atoms with Gasteiger partial charge in [0.25, 0.3) is 0 Å². The molecule has 78 valence electrons. The van der Waals surface area contributed by atoms with Gasteiger partial charge in [-0.25, -0.2) is 13.6 Å². The van der Waals surface area contributed by atoms with E-state index in [1.54, 1.807) is 13.1 Å². The van der Waals surface area contributed by atoms with Crippen molar-refractivity contribution < 1.29 is 8.42 Å². The van der Waals surface area contributed by atoms with E-state index in [1.807, 2.05) is 0 Å². The minimum atomic E-state index is -3.64. The zero-order valence-corrected chi connectivity index (χ0v) is 8.64. The van der Waals surface area contributed by atoms with Crippen LogP contribution in [0.15, 0.2) is 23.1 Å². The molecule has 0 heterocycles. The van der Waals surface area contributed by atoms with Crippen LogP contribution in [0.1, 0.15) is 5.56 Å². The maximum atomic E-state index is 11.0. The lowest BCUT2D eigenvalue weighted by atomic mass is 10.2. The fourth-order valence-corrected chi connectivity index (χ4v) is 1.72. The molecule has 1 aromatic carbocycles. The van der Waals surface area contributed by atoms with Gasteiger partial charge < -0.3 is 11.1 Å². The van der Waals surface area contributed by atoms with Crippen molar-refractivity contribution in [2.75, 3.05) is 12.4 Å². The molecule has 0 saturated heterocycles. The van der Waals surface area contributed by atoms with Crippen molar-refractivity contribution in [3.05, 3.63) is 23.8 Å². The van der Waals surface area contributed by atoms with E-state index in [0.29, 0.717) is 0 Å². The van der Waals surface area contributed by atoms with E-state index < -0.39 is 10.0 Å². The number of hydrogen-bond donors (Lipinski definition) is 3. The highest BCUT2D eigenvalue weighted by Gasteiger charge is 2.09. The number of benzene rings is 1. The lowest BCUT2D eigenvalue weighted by Gasteiger charge is -2.08. The van der Waals surface area contributed by atoms with Crippen LogP contribution in [0.25, 0.3) is 0 Å². The van der Waals surface area contributed by atoms with Crippen LogP contribution in [0.3, 0.4) is 0 Å². The topological polar surface area (TPSA) is 98.2 Å². The number of nitrogens with two attached hydrogens (primary N) is 2. The summed E-state index contributed by atoms with van der Waals surface area (Å²) in [7, 11) is -1.90. The molecule has 0 atom stereocenters. The van der Waals surface area contributed by atoms with Gasteiger partial charge in [0, 0.05) is 19.3 Å². The number of nitrogens with one attached hydrogen (secondary N) is 1. The Morgan fingerprint density at radius 2 is 2.07 bits per heavy atom. The Labute approximate surface area is 83.2 Å². The van der Waals surface area contributed by atoms with Crippen molar-refractivity contribution in [1.82, 2.24) is 0 Å². The van der Waals surface area contributed by atoms with Crippen LogP contribution in [0.4, 0.5) is 5.69 Å². The molecule has 0 aliphatic rings. The van der Waals surface area contributed by atoms with Gasteiger partial charge in [-0.05, 0) is 23.8 Å². The van der Waals surface area contributed by atoms with Crippen LogP contribution in [0, 0.1) is 0 Å². The van der Waals surface area contributed by atoms with Crippen molar-refractivity contribution in [1.29, 1.82) is 0 Å². The van der Waals surface area contributed by atoms with E-state index in [0.717, 1.165) is 11.3 Å².